The van der Waals surface area contributed by atoms with E-state index in [2.05, 4.69) is 34.8 Å². The van der Waals surface area contributed by atoms with Crippen molar-refractivity contribution in [2.24, 2.45) is 21.5 Å². The molecule has 2 heterocycles. The first-order valence-corrected chi connectivity index (χ1v) is 13.1. The van der Waals surface area contributed by atoms with Crippen LogP contribution in [0.4, 0.5) is 5.82 Å². The molecule has 0 radical (unpaired) electrons. The summed E-state index contributed by atoms with van der Waals surface area (Å²) in [5.41, 5.74) is 10.5. The van der Waals surface area contributed by atoms with Gasteiger partial charge in [0.05, 0.1) is 18.5 Å². The average Bonchev–Trinajstić information content (AvgIpc) is 3.15. The van der Waals surface area contributed by atoms with Crippen LogP contribution in [0.25, 0.3) is 0 Å². The Morgan fingerprint density at radius 1 is 1.30 bits per heavy atom. The van der Waals surface area contributed by atoms with Gasteiger partial charge in [0.15, 0.2) is 12.0 Å². The van der Waals surface area contributed by atoms with Gasteiger partial charge in [0.25, 0.3) is 0 Å². The first-order valence-electron chi connectivity index (χ1n) is 8.61. The Morgan fingerprint density at radius 3 is 2.42 bits per heavy atom. The van der Waals surface area contributed by atoms with Crippen LogP contribution in [-0.4, -0.2) is 78.2 Å². The van der Waals surface area contributed by atoms with E-state index in [0.29, 0.717) is 0 Å². The number of aliphatic hydroxyl groups is 1. The predicted octanol–water partition coefficient (Wildman–Crippen LogP) is -1.13. The molecular weight excluding hydrogens is 513 g/mol. The van der Waals surface area contributed by atoms with Crippen LogP contribution in [0, 0.1) is 0 Å². The number of rotatable bonds is 10. The number of ether oxygens (including phenoxy) is 1. The topological polar surface area (TPSA) is 284 Å². The molecule has 1 aliphatic heterocycles. The first-order chi connectivity index (χ1) is 14.9. The smallest absolute Gasteiger partial charge is 0.388 e. The molecule has 2 rings (SSSR count). The first kappa shape index (κ1) is 27.9. The number of amidine groups is 1. The Labute approximate surface area is 186 Å². The molecule has 0 aliphatic carbocycles. The molecule has 2 unspecified atom stereocenters. The highest BCUT2D eigenvalue weighted by Crippen LogP contribution is 2.66. The van der Waals surface area contributed by atoms with Crippen LogP contribution < -0.4 is 11.5 Å². The van der Waals surface area contributed by atoms with Gasteiger partial charge in [-0.1, -0.05) is 0 Å². The van der Waals surface area contributed by atoms with Gasteiger partial charge in [-0.15, -0.1) is 0 Å². The summed E-state index contributed by atoms with van der Waals surface area (Å²) in [5, 5.41) is 10.6. The standard InChI is InChI=1S/C12H23N6O12P3/c1-12(14)8(19)6(4-27-32(23,24)30-33(25,26)29-31(20,21)22)28-11(12)18-5-17-7(9(13)15-2)10(18)16-3/h5-6,8,11,19H,3-4,14H2,1-2H3,(H2,13,15)(H,23,24)(H,25,26)(H2,20,21,22)/t6-,8-,11-,12-/m1/s1. The number of hydrogen-bond donors (Lipinski definition) is 7. The maximum absolute atomic E-state index is 11.9. The monoisotopic (exact) mass is 536 g/mol. The highest BCUT2D eigenvalue weighted by Gasteiger charge is 2.53. The van der Waals surface area contributed by atoms with Crippen molar-refractivity contribution in [3.05, 3.63) is 12.0 Å². The van der Waals surface area contributed by atoms with Crippen LogP contribution in [0.3, 0.4) is 0 Å². The van der Waals surface area contributed by atoms with Gasteiger partial charge in [0.1, 0.15) is 23.7 Å². The molecule has 1 aromatic heterocycles. The van der Waals surface area contributed by atoms with Gasteiger partial charge in [-0.25, -0.2) is 23.7 Å². The van der Waals surface area contributed by atoms with E-state index in [9.17, 15) is 28.6 Å². The molecule has 1 aromatic rings. The minimum Gasteiger partial charge on any atom is -0.388 e. The number of phosphoric ester groups is 1. The van der Waals surface area contributed by atoms with Gasteiger partial charge >= 0.3 is 23.5 Å². The Morgan fingerprint density at radius 2 is 1.91 bits per heavy atom. The largest absolute Gasteiger partial charge is 0.490 e. The van der Waals surface area contributed by atoms with Crippen LogP contribution in [0.5, 0.6) is 0 Å². The number of hydrogen-bond acceptors (Lipinski definition) is 12. The van der Waals surface area contributed by atoms with Crippen molar-refractivity contribution in [1.29, 1.82) is 0 Å². The summed E-state index contributed by atoms with van der Waals surface area (Å²) in [6.07, 6.45) is -2.86. The normalized spacial score (nSPS) is 30.1. The van der Waals surface area contributed by atoms with Gasteiger partial charge in [-0.05, 0) is 13.6 Å². The van der Waals surface area contributed by atoms with E-state index in [-0.39, 0.29) is 17.3 Å². The van der Waals surface area contributed by atoms with Gasteiger partial charge in [-0.3, -0.25) is 14.1 Å². The lowest BCUT2D eigenvalue weighted by molar-refractivity contribution is -0.0454. The number of imidazole rings is 1. The van der Waals surface area contributed by atoms with Crippen LogP contribution in [0.1, 0.15) is 18.8 Å². The van der Waals surface area contributed by atoms with Crippen LogP contribution in [-0.2, 0) is 31.6 Å². The van der Waals surface area contributed by atoms with Crippen molar-refractivity contribution in [3.63, 3.8) is 0 Å². The van der Waals surface area contributed by atoms with E-state index in [1.165, 1.54) is 24.9 Å². The molecule has 188 valence electrons. The summed E-state index contributed by atoms with van der Waals surface area (Å²) in [6, 6.07) is 0. The zero-order chi connectivity index (χ0) is 25.4. The molecule has 21 heteroatoms. The minimum absolute atomic E-state index is 0.0256. The summed E-state index contributed by atoms with van der Waals surface area (Å²) in [6.45, 7) is 3.89. The fourth-order valence-electron chi connectivity index (χ4n) is 2.87. The third-order valence-corrected chi connectivity index (χ3v) is 8.10. The zero-order valence-electron chi connectivity index (χ0n) is 17.1. The summed E-state index contributed by atoms with van der Waals surface area (Å²) >= 11 is 0. The third-order valence-electron chi connectivity index (χ3n) is 4.30. The fourth-order valence-corrected chi connectivity index (χ4v) is 5.90. The van der Waals surface area contributed by atoms with Crippen LogP contribution in [0.2, 0.25) is 0 Å². The molecule has 18 nitrogen and oxygen atoms in total. The second-order valence-corrected chi connectivity index (χ2v) is 11.2. The third kappa shape index (κ3) is 6.61. The van der Waals surface area contributed by atoms with E-state index in [0.717, 1.165) is 0 Å². The summed E-state index contributed by atoms with van der Waals surface area (Å²) < 4.78 is 52.7. The summed E-state index contributed by atoms with van der Waals surface area (Å²) in [4.78, 5) is 47.5. The fraction of sp³-hybridized carbons (Fsp3) is 0.583. The SMILES string of the molecule is C=Nc1c(/C(N)=N\C)ncn1[C@@H]1O[C@H](COP(=O)(O)OP(=O)(O)OP(=O)(O)O)[C@@H](O)[C@@]1(C)N. The number of aliphatic imine (C=N–C) groups is 2. The quantitative estimate of drug-likeness (QED) is 0.106. The molecule has 1 saturated heterocycles. The van der Waals surface area contributed by atoms with Crippen LogP contribution in [0.15, 0.2) is 16.3 Å². The van der Waals surface area contributed by atoms with E-state index in [1.54, 1.807) is 0 Å². The number of phosphoric acid groups is 3. The molecule has 0 amide bonds. The number of aromatic nitrogens is 2. The van der Waals surface area contributed by atoms with E-state index >= 15 is 0 Å². The maximum atomic E-state index is 11.9. The lowest BCUT2D eigenvalue weighted by atomic mass is 9.93. The van der Waals surface area contributed by atoms with E-state index < -0.39 is 54.0 Å². The van der Waals surface area contributed by atoms with Gasteiger partial charge in [0.2, 0.25) is 0 Å². The molecule has 1 aliphatic rings. The van der Waals surface area contributed by atoms with E-state index in [4.69, 9.17) is 26.0 Å². The van der Waals surface area contributed by atoms with Crippen molar-refractivity contribution in [3.8, 4) is 0 Å². The molecule has 33 heavy (non-hydrogen) atoms. The Balaban J connectivity index is 2.20. The van der Waals surface area contributed by atoms with Crippen molar-refractivity contribution in [2.75, 3.05) is 13.7 Å². The lowest BCUT2D eigenvalue weighted by Gasteiger charge is -2.29. The van der Waals surface area contributed by atoms with Crippen molar-refractivity contribution >= 4 is 41.8 Å². The number of aliphatic hydroxyl groups excluding tert-OH is 1. The van der Waals surface area contributed by atoms with Gasteiger partial charge in [0, 0.05) is 7.05 Å². The van der Waals surface area contributed by atoms with Crippen molar-refractivity contribution < 1.29 is 56.3 Å². The average molecular weight is 536 g/mol. The molecule has 0 saturated carbocycles. The molecule has 0 aromatic carbocycles. The van der Waals surface area contributed by atoms with E-state index in [1.807, 2.05) is 0 Å². The van der Waals surface area contributed by atoms with Crippen molar-refractivity contribution in [1.82, 2.24) is 9.55 Å². The minimum atomic E-state index is -5.70. The molecule has 0 spiro atoms. The molecule has 9 N–H and O–H groups in total. The Kier molecular flexibility index (Phi) is 8.21. The van der Waals surface area contributed by atoms with Gasteiger partial charge in [-0.2, -0.15) is 8.62 Å². The molecular formula is C12H23N6O12P3. The predicted molar refractivity (Wildman–Crippen MR) is 110 cm³/mol. The highest BCUT2D eigenvalue weighted by atomic mass is 31.3. The van der Waals surface area contributed by atoms with Gasteiger partial charge < -0.3 is 40.9 Å². The van der Waals surface area contributed by atoms with Crippen molar-refractivity contribution in [2.45, 2.75) is 30.9 Å². The molecule has 0 bridgehead atoms. The summed E-state index contributed by atoms with van der Waals surface area (Å²) in [7, 11) is -15.3. The second kappa shape index (κ2) is 9.71. The number of nitrogens with zero attached hydrogens (tertiary/aromatic N) is 4. The Bertz CT molecular complexity index is 1070. The molecule has 1 fully saturated rings. The van der Waals surface area contributed by atoms with Crippen LogP contribution >= 0.6 is 23.5 Å². The highest BCUT2D eigenvalue weighted by molar-refractivity contribution is 7.66. The summed E-state index contributed by atoms with van der Waals surface area (Å²) in [5.74, 6) is 0.123. The molecule has 6 atom stereocenters. The second-order valence-electron chi connectivity index (χ2n) is 6.82. The Hall–Kier alpha value is -1.36. The lowest BCUT2D eigenvalue weighted by Crippen LogP contribution is -2.52. The number of nitrogens with two attached hydrogens (primary N) is 2. The zero-order valence-corrected chi connectivity index (χ0v) is 19.8. The maximum Gasteiger partial charge on any atom is 0.490 e.